The molecule has 0 spiro atoms. The number of esters is 1. The largest absolute Gasteiger partial charge is 0.462 e. The molecule has 0 bridgehead atoms. The fourth-order valence-electron chi connectivity index (χ4n) is 3.04. The molecule has 34 heavy (non-hydrogen) atoms. The highest BCUT2D eigenvalue weighted by molar-refractivity contribution is 6.36. The van der Waals surface area contributed by atoms with E-state index in [1.165, 1.54) is 6.08 Å². The molecule has 0 radical (unpaired) electrons. The SMILES string of the molecule is CCCCCOC(=O)c1ccc(NC(=O)/C(C#N)=C/c2ccc(-c3ccc(Cl)cc3Cl)o2)cc1. The number of ether oxygens (including phenoxy) is 1. The van der Waals surface area contributed by atoms with Crippen molar-refractivity contribution in [2.24, 2.45) is 0 Å². The van der Waals surface area contributed by atoms with Crippen LogP contribution in [-0.2, 0) is 9.53 Å². The lowest BCUT2D eigenvalue weighted by molar-refractivity contribution is -0.112. The Morgan fingerprint density at radius 2 is 1.85 bits per heavy atom. The van der Waals surface area contributed by atoms with E-state index in [1.54, 1.807) is 54.6 Å². The number of halogens is 2. The van der Waals surface area contributed by atoms with Crippen LogP contribution in [0, 0.1) is 11.3 Å². The highest BCUT2D eigenvalue weighted by Gasteiger charge is 2.14. The molecule has 3 aromatic rings. The predicted octanol–water partition coefficient (Wildman–Crippen LogP) is 7.15. The van der Waals surface area contributed by atoms with Crippen LogP contribution in [0.3, 0.4) is 0 Å². The summed E-state index contributed by atoms with van der Waals surface area (Å²) in [4.78, 5) is 24.6. The number of furan rings is 1. The molecule has 0 fully saturated rings. The normalized spacial score (nSPS) is 11.1. The van der Waals surface area contributed by atoms with Crippen LogP contribution < -0.4 is 5.32 Å². The third-order valence-electron chi connectivity index (χ3n) is 4.83. The van der Waals surface area contributed by atoms with Gasteiger partial charge in [0.1, 0.15) is 23.2 Å². The van der Waals surface area contributed by atoms with E-state index >= 15 is 0 Å². The number of nitrogens with zero attached hydrogens (tertiary/aromatic N) is 1. The monoisotopic (exact) mass is 496 g/mol. The minimum Gasteiger partial charge on any atom is -0.462 e. The number of hydrogen-bond acceptors (Lipinski definition) is 5. The molecule has 3 rings (SSSR count). The Kier molecular flexibility index (Phi) is 8.92. The van der Waals surface area contributed by atoms with Crippen molar-refractivity contribution in [3.63, 3.8) is 0 Å². The van der Waals surface area contributed by atoms with Crippen LogP contribution in [0.15, 0.2) is 64.6 Å². The van der Waals surface area contributed by atoms with E-state index in [1.807, 2.05) is 6.07 Å². The van der Waals surface area contributed by atoms with Crippen molar-refractivity contribution >= 4 is 46.8 Å². The second-order valence-electron chi connectivity index (χ2n) is 7.37. The predicted molar refractivity (Wildman–Crippen MR) is 133 cm³/mol. The van der Waals surface area contributed by atoms with Crippen molar-refractivity contribution in [1.29, 1.82) is 5.26 Å². The molecular formula is C26H22Cl2N2O4. The molecule has 8 heteroatoms. The average molecular weight is 497 g/mol. The van der Waals surface area contributed by atoms with Gasteiger partial charge in [-0.3, -0.25) is 4.79 Å². The molecule has 0 saturated heterocycles. The van der Waals surface area contributed by atoms with Crippen molar-refractivity contribution in [2.45, 2.75) is 26.2 Å². The van der Waals surface area contributed by atoms with Gasteiger partial charge >= 0.3 is 5.97 Å². The van der Waals surface area contributed by atoms with Gasteiger partial charge in [0, 0.05) is 22.3 Å². The Bertz CT molecular complexity index is 1240. The van der Waals surface area contributed by atoms with Gasteiger partial charge in [0.2, 0.25) is 0 Å². The maximum Gasteiger partial charge on any atom is 0.338 e. The zero-order valence-corrected chi connectivity index (χ0v) is 19.9. The molecule has 174 valence electrons. The average Bonchev–Trinajstić information content (AvgIpc) is 3.28. The van der Waals surface area contributed by atoms with Crippen LogP contribution >= 0.6 is 23.2 Å². The molecule has 1 heterocycles. The maximum atomic E-state index is 12.6. The lowest BCUT2D eigenvalue weighted by Crippen LogP contribution is -2.13. The third-order valence-corrected chi connectivity index (χ3v) is 5.38. The van der Waals surface area contributed by atoms with Crippen molar-refractivity contribution < 1.29 is 18.7 Å². The molecule has 1 amide bonds. The molecule has 0 aliphatic carbocycles. The molecule has 1 N–H and O–H groups in total. The first kappa shape index (κ1) is 25.1. The van der Waals surface area contributed by atoms with Gasteiger partial charge in [-0.05, 0) is 61.0 Å². The van der Waals surface area contributed by atoms with Crippen LogP contribution in [-0.4, -0.2) is 18.5 Å². The molecule has 0 unspecified atom stereocenters. The number of unbranched alkanes of at least 4 members (excludes halogenated alkanes) is 2. The number of carbonyl (C=O) groups excluding carboxylic acids is 2. The highest BCUT2D eigenvalue weighted by Crippen LogP contribution is 2.32. The zero-order chi connectivity index (χ0) is 24.5. The highest BCUT2D eigenvalue weighted by atomic mass is 35.5. The molecule has 0 saturated carbocycles. The summed E-state index contributed by atoms with van der Waals surface area (Å²) in [6.45, 7) is 2.45. The quantitative estimate of drug-likeness (QED) is 0.147. The first-order chi connectivity index (χ1) is 16.4. The first-order valence-corrected chi connectivity index (χ1v) is 11.4. The summed E-state index contributed by atoms with van der Waals surface area (Å²) < 4.78 is 10.9. The summed E-state index contributed by atoms with van der Waals surface area (Å²) in [5.41, 5.74) is 1.30. The molecule has 0 atom stereocenters. The van der Waals surface area contributed by atoms with Crippen LogP contribution in [0.2, 0.25) is 10.0 Å². The van der Waals surface area contributed by atoms with Gasteiger partial charge < -0.3 is 14.5 Å². The second kappa shape index (κ2) is 12.1. The first-order valence-electron chi connectivity index (χ1n) is 10.7. The summed E-state index contributed by atoms with van der Waals surface area (Å²) in [5.74, 6) is -0.238. The molecule has 0 aliphatic rings. The molecule has 1 aromatic heterocycles. The van der Waals surface area contributed by atoms with Gasteiger partial charge in [0.15, 0.2) is 0 Å². The Morgan fingerprint density at radius 3 is 2.53 bits per heavy atom. The maximum absolute atomic E-state index is 12.6. The van der Waals surface area contributed by atoms with Gasteiger partial charge in [0.25, 0.3) is 5.91 Å². The smallest absolute Gasteiger partial charge is 0.338 e. The number of anilines is 1. The van der Waals surface area contributed by atoms with Crippen LogP contribution in [0.5, 0.6) is 0 Å². The number of nitriles is 1. The number of amides is 1. The molecule has 6 nitrogen and oxygen atoms in total. The molecule has 2 aromatic carbocycles. The summed E-state index contributed by atoms with van der Waals surface area (Å²) in [5, 5.41) is 13.0. The van der Waals surface area contributed by atoms with Gasteiger partial charge in [-0.1, -0.05) is 43.0 Å². The fourth-order valence-corrected chi connectivity index (χ4v) is 3.55. The standard InChI is InChI=1S/C26H22Cl2N2O4/c1-2-3-4-13-33-26(32)17-5-8-20(9-6-17)30-25(31)18(16-29)14-21-10-12-24(34-21)22-11-7-19(27)15-23(22)28/h5-12,14-15H,2-4,13H2,1H3,(H,30,31)/b18-14+. The summed E-state index contributed by atoms with van der Waals surface area (Å²) in [6, 6.07) is 16.5. The molecule has 0 aliphatic heterocycles. The summed E-state index contributed by atoms with van der Waals surface area (Å²) in [6.07, 6.45) is 4.21. The second-order valence-corrected chi connectivity index (χ2v) is 8.21. The number of nitrogens with one attached hydrogen (secondary N) is 1. The van der Waals surface area contributed by atoms with Crippen molar-refractivity contribution in [3.05, 3.63) is 81.5 Å². The summed E-state index contributed by atoms with van der Waals surface area (Å²) in [7, 11) is 0. The van der Waals surface area contributed by atoms with E-state index in [0.29, 0.717) is 45.0 Å². The van der Waals surface area contributed by atoms with Gasteiger partial charge in [0.05, 0.1) is 17.2 Å². The van der Waals surface area contributed by atoms with Gasteiger partial charge in [-0.25, -0.2) is 4.79 Å². The fraction of sp³-hybridized carbons (Fsp3) is 0.192. The van der Waals surface area contributed by atoms with Gasteiger partial charge in [-0.15, -0.1) is 0 Å². The van der Waals surface area contributed by atoms with Crippen LogP contribution in [0.25, 0.3) is 17.4 Å². The number of rotatable bonds is 9. The Morgan fingerprint density at radius 1 is 1.09 bits per heavy atom. The summed E-state index contributed by atoms with van der Waals surface area (Å²) >= 11 is 12.1. The number of benzene rings is 2. The topological polar surface area (TPSA) is 92.3 Å². The van der Waals surface area contributed by atoms with E-state index in [2.05, 4.69) is 12.2 Å². The minimum atomic E-state index is -0.611. The van der Waals surface area contributed by atoms with E-state index in [9.17, 15) is 14.9 Å². The molecular weight excluding hydrogens is 475 g/mol. The number of hydrogen-bond donors (Lipinski definition) is 1. The van der Waals surface area contributed by atoms with Crippen molar-refractivity contribution in [2.75, 3.05) is 11.9 Å². The number of carbonyl (C=O) groups is 2. The zero-order valence-electron chi connectivity index (χ0n) is 18.4. The minimum absolute atomic E-state index is 0.150. The van der Waals surface area contributed by atoms with E-state index < -0.39 is 11.9 Å². The lowest BCUT2D eigenvalue weighted by atomic mass is 10.2. The third kappa shape index (κ3) is 6.74. The van der Waals surface area contributed by atoms with Gasteiger partial charge in [-0.2, -0.15) is 5.26 Å². The van der Waals surface area contributed by atoms with E-state index in [-0.39, 0.29) is 5.57 Å². The van der Waals surface area contributed by atoms with Crippen molar-refractivity contribution in [1.82, 2.24) is 0 Å². The van der Waals surface area contributed by atoms with Crippen LogP contribution in [0.1, 0.15) is 42.3 Å². The van der Waals surface area contributed by atoms with E-state index in [0.717, 1.165) is 19.3 Å². The Balaban J connectivity index is 1.65. The Hall–Kier alpha value is -3.53. The van der Waals surface area contributed by atoms with Crippen molar-refractivity contribution in [3.8, 4) is 17.4 Å². The Labute approximate surface area is 207 Å². The van der Waals surface area contributed by atoms with Crippen LogP contribution in [0.4, 0.5) is 5.69 Å². The van der Waals surface area contributed by atoms with E-state index in [4.69, 9.17) is 32.4 Å². The lowest BCUT2D eigenvalue weighted by Gasteiger charge is -2.07.